The SMILES string of the molecule is O=C(NCc1cccc(C(F)(F)F)c1)[C@H]1S[C@@H](n2cnc3c(NCc4cccc(I)c4)nc(Cl)nc32)[C@H](O)[C@@H]1O. The van der Waals surface area contributed by atoms with Crippen LogP contribution in [0.25, 0.3) is 11.2 Å². The van der Waals surface area contributed by atoms with Gasteiger partial charge in [0.25, 0.3) is 0 Å². The van der Waals surface area contributed by atoms with Gasteiger partial charge in [-0.05, 0) is 69.6 Å². The molecule has 0 saturated carbocycles. The third kappa shape index (κ3) is 6.15. The van der Waals surface area contributed by atoms with Crippen molar-refractivity contribution in [1.82, 2.24) is 24.8 Å². The fourth-order valence-corrected chi connectivity index (χ4v) is 6.49. The number of aliphatic hydroxyl groups excluding tert-OH is 2. The highest BCUT2D eigenvalue weighted by molar-refractivity contribution is 14.1. The molecule has 1 aliphatic heterocycles. The third-order valence-electron chi connectivity index (χ3n) is 6.24. The lowest BCUT2D eigenvalue weighted by Crippen LogP contribution is -2.41. The zero-order valence-electron chi connectivity index (χ0n) is 20.3. The summed E-state index contributed by atoms with van der Waals surface area (Å²) in [6, 6.07) is 12.5. The molecule has 4 N–H and O–H groups in total. The number of carbonyl (C=O) groups excluding carboxylic acids is 1. The van der Waals surface area contributed by atoms with Crippen molar-refractivity contribution < 1.29 is 28.2 Å². The number of carbonyl (C=O) groups is 1. The summed E-state index contributed by atoms with van der Waals surface area (Å²) in [7, 11) is 0. The van der Waals surface area contributed by atoms with Crippen LogP contribution in [0, 0.1) is 3.57 Å². The summed E-state index contributed by atoms with van der Waals surface area (Å²) in [5, 5.41) is 25.2. The number of rotatable bonds is 7. The minimum atomic E-state index is -4.51. The van der Waals surface area contributed by atoms with Crippen molar-refractivity contribution in [3.8, 4) is 0 Å². The van der Waals surface area contributed by atoms with E-state index >= 15 is 0 Å². The van der Waals surface area contributed by atoms with E-state index in [4.69, 9.17) is 11.6 Å². The number of imidazole rings is 1. The molecule has 4 atom stereocenters. The van der Waals surface area contributed by atoms with Crippen molar-refractivity contribution in [1.29, 1.82) is 0 Å². The average molecular weight is 705 g/mol. The van der Waals surface area contributed by atoms with Gasteiger partial charge in [-0.2, -0.15) is 23.1 Å². The first kappa shape index (κ1) is 28.9. The molecule has 1 amide bonds. The first-order chi connectivity index (χ1) is 19.0. The van der Waals surface area contributed by atoms with Crippen LogP contribution >= 0.6 is 46.0 Å². The van der Waals surface area contributed by atoms with Gasteiger partial charge in [-0.3, -0.25) is 9.36 Å². The summed E-state index contributed by atoms with van der Waals surface area (Å²) in [5.74, 6) is -0.255. The molecule has 210 valence electrons. The van der Waals surface area contributed by atoms with Crippen LogP contribution in [0.3, 0.4) is 0 Å². The van der Waals surface area contributed by atoms with E-state index in [1.807, 2.05) is 24.3 Å². The van der Waals surface area contributed by atoms with Crippen molar-refractivity contribution >= 4 is 68.8 Å². The molecular formula is C25H21ClF3IN6O3S. The predicted molar refractivity (Wildman–Crippen MR) is 153 cm³/mol. The van der Waals surface area contributed by atoms with Gasteiger partial charge in [-0.1, -0.05) is 24.3 Å². The maximum absolute atomic E-state index is 13.0. The number of fused-ring (bicyclic) bond motifs is 1. The van der Waals surface area contributed by atoms with Gasteiger partial charge in [0, 0.05) is 16.7 Å². The summed E-state index contributed by atoms with van der Waals surface area (Å²) in [4.78, 5) is 25.8. The summed E-state index contributed by atoms with van der Waals surface area (Å²) < 4.78 is 41.6. The minimum Gasteiger partial charge on any atom is -0.389 e. The number of alkyl halides is 3. The van der Waals surface area contributed by atoms with E-state index in [2.05, 4.69) is 48.2 Å². The number of aromatic nitrogens is 4. The van der Waals surface area contributed by atoms with E-state index in [1.165, 1.54) is 23.0 Å². The number of hydrogen-bond acceptors (Lipinski definition) is 8. The van der Waals surface area contributed by atoms with Gasteiger partial charge < -0.3 is 20.8 Å². The number of hydrogen-bond donors (Lipinski definition) is 4. The molecule has 3 heterocycles. The Labute approximate surface area is 248 Å². The summed E-state index contributed by atoms with van der Waals surface area (Å²) in [5.41, 5.74) is 1.10. The quantitative estimate of drug-likeness (QED) is 0.165. The second kappa shape index (κ2) is 11.7. The average Bonchev–Trinajstić information content (AvgIpc) is 3.46. The smallest absolute Gasteiger partial charge is 0.389 e. The van der Waals surface area contributed by atoms with Crippen molar-refractivity contribution in [2.75, 3.05) is 5.32 Å². The molecule has 2 aromatic carbocycles. The second-order valence-corrected chi connectivity index (χ2v) is 11.8. The van der Waals surface area contributed by atoms with E-state index in [0.717, 1.165) is 33.0 Å². The summed E-state index contributed by atoms with van der Waals surface area (Å²) >= 11 is 9.39. The highest BCUT2D eigenvalue weighted by Crippen LogP contribution is 2.43. The number of aliphatic hydroxyl groups is 2. The molecule has 2 aromatic heterocycles. The fraction of sp³-hybridized carbons (Fsp3) is 0.280. The van der Waals surface area contributed by atoms with E-state index in [9.17, 15) is 28.2 Å². The summed E-state index contributed by atoms with van der Waals surface area (Å²) in [6.45, 7) is 0.263. The molecule has 40 heavy (non-hydrogen) atoms. The molecule has 0 unspecified atom stereocenters. The molecule has 0 spiro atoms. The van der Waals surface area contributed by atoms with Gasteiger partial charge >= 0.3 is 6.18 Å². The van der Waals surface area contributed by atoms with Gasteiger partial charge in [0.2, 0.25) is 11.2 Å². The summed E-state index contributed by atoms with van der Waals surface area (Å²) in [6.07, 6.45) is -5.92. The van der Waals surface area contributed by atoms with E-state index < -0.39 is 40.5 Å². The van der Waals surface area contributed by atoms with Gasteiger partial charge in [0.05, 0.1) is 11.9 Å². The molecule has 1 fully saturated rings. The van der Waals surface area contributed by atoms with Crippen LogP contribution in [0.1, 0.15) is 22.1 Å². The first-order valence-corrected chi connectivity index (χ1v) is 14.2. The number of nitrogens with one attached hydrogen (secondary N) is 2. The molecular weight excluding hydrogens is 684 g/mol. The molecule has 1 aliphatic rings. The Bertz CT molecular complexity index is 1560. The lowest BCUT2D eigenvalue weighted by Gasteiger charge is -2.17. The monoisotopic (exact) mass is 704 g/mol. The van der Waals surface area contributed by atoms with Crippen molar-refractivity contribution in [2.45, 2.75) is 42.1 Å². The Morgan fingerprint density at radius 2 is 1.80 bits per heavy atom. The first-order valence-electron chi connectivity index (χ1n) is 11.8. The van der Waals surface area contributed by atoms with Gasteiger partial charge in [-0.25, -0.2) is 4.98 Å². The standard InChI is InChI=1S/C25H21ClF3IN6O3S/c26-24-34-20(31-9-13-4-2-6-15(30)8-13)16-21(35-24)36(11-33-16)23-18(38)17(37)19(40-23)22(39)32-10-12-3-1-5-14(7-12)25(27,28)29/h1-8,11,17-19,23,37-38H,9-10H2,(H,32,39)(H,31,34,35)/t17-,18+,19-,23+/m0/s1. The van der Waals surface area contributed by atoms with Crippen LogP contribution in [0.4, 0.5) is 19.0 Å². The Hall–Kier alpha value is -2.66. The number of thioether (sulfide) groups is 1. The number of halogens is 5. The zero-order chi connectivity index (χ0) is 28.6. The lowest BCUT2D eigenvalue weighted by molar-refractivity contribution is -0.137. The van der Waals surface area contributed by atoms with Crippen molar-refractivity contribution in [2.24, 2.45) is 0 Å². The maximum atomic E-state index is 13.0. The molecule has 1 saturated heterocycles. The molecule has 9 nitrogen and oxygen atoms in total. The van der Waals surface area contributed by atoms with E-state index in [-0.39, 0.29) is 17.4 Å². The van der Waals surface area contributed by atoms with E-state index in [1.54, 1.807) is 0 Å². The van der Waals surface area contributed by atoms with Crippen LogP contribution in [0.5, 0.6) is 0 Å². The molecule has 0 radical (unpaired) electrons. The van der Waals surface area contributed by atoms with Gasteiger partial charge in [-0.15, -0.1) is 11.8 Å². The van der Waals surface area contributed by atoms with Crippen LogP contribution < -0.4 is 10.6 Å². The molecule has 4 aromatic rings. The third-order valence-corrected chi connectivity index (χ3v) is 8.65. The predicted octanol–water partition coefficient (Wildman–Crippen LogP) is 4.37. The van der Waals surface area contributed by atoms with E-state index in [0.29, 0.717) is 23.5 Å². The Morgan fingerprint density at radius 3 is 2.52 bits per heavy atom. The fourth-order valence-electron chi connectivity index (χ4n) is 4.29. The zero-order valence-corrected chi connectivity index (χ0v) is 24.0. The maximum Gasteiger partial charge on any atom is 0.416 e. The Morgan fingerprint density at radius 1 is 1.07 bits per heavy atom. The van der Waals surface area contributed by atoms with Crippen LogP contribution in [0.15, 0.2) is 54.9 Å². The largest absolute Gasteiger partial charge is 0.416 e. The lowest BCUT2D eigenvalue weighted by atomic mass is 10.1. The highest BCUT2D eigenvalue weighted by atomic mass is 127. The number of nitrogens with zero attached hydrogens (tertiary/aromatic N) is 4. The minimum absolute atomic E-state index is 0.0622. The normalized spacial score (nSPS) is 21.1. The molecule has 0 bridgehead atoms. The number of benzene rings is 2. The second-order valence-electron chi connectivity index (χ2n) is 8.99. The van der Waals surface area contributed by atoms with Gasteiger partial charge in [0.15, 0.2) is 17.0 Å². The number of anilines is 1. The molecule has 5 rings (SSSR count). The van der Waals surface area contributed by atoms with Gasteiger partial charge in [0.1, 0.15) is 22.8 Å². The van der Waals surface area contributed by atoms with Crippen molar-refractivity contribution in [3.63, 3.8) is 0 Å². The van der Waals surface area contributed by atoms with Crippen molar-refractivity contribution in [3.05, 3.63) is 80.4 Å². The highest BCUT2D eigenvalue weighted by Gasteiger charge is 2.47. The van der Waals surface area contributed by atoms with Crippen LogP contribution in [0.2, 0.25) is 5.28 Å². The molecule has 0 aliphatic carbocycles. The Balaban J connectivity index is 1.31. The Kier molecular flexibility index (Phi) is 8.42. The molecule has 15 heteroatoms. The topological polar surface area (TPSA) is 125 Å². The number of amides is 1. The van der Waals surface area contributed by atoms with Crippen LogP contribution in [-0.4, -0.2) is 53.1 Å². The van der Waals surface area contributed by atoms with Crippen LogP contribution in [-0.2, 0) is 24.1 Å².